The number of unbranched alkanes of at least 4 members (excludes halogenated alkanes) is 1. The van der Waals surface area contributed by atoms with E-state index < -0.39 is 0 Å². The van der Waals surface area contributed by atoms with Crippen molar-refractivity contribution in [3.8, 4) is 0 Å². The molecule has 118 valence electrons. The van der Waals surface area contributed by atoms with Crippen LogP contribution < -0.4 is 5.32 Å². The second kappa shape index (κ2) is 9.40. The SMILES string of the molecule is CCCCN(C)C(=NC)NCc1cccc(CN(C)C)c1. The number of benzene rings is 1. The summed E-state index contributed by atoms with van der Waals surface area (Å²) in [5.74, 6) is 0.960. The van der Waals surface area contributed by atoms with E-state index in [4.69, 9.17) is 0 Å². The van der Waals surface area contributed by atoms with Crippen LogP contribution in [0.5, 0.6) is 0 Å². The van der Waals surface area contributed by atoms with Crippen LogP contribution in [-0.2, 0) is 13.1 Å². The average molecular weight is 290 g/mol. The Morgan fingerprint density at radius 2 is 1.90 bits per heavy atom. The van der Waals surface area contributed by atoms with E-state index >= 15 is 0 Å². The molecule has 1 N–H and O–H groups in total. The zero-order valence-electron chi connectivity index (χ0n) is 14.2. The van der Waals surface area contributed by atoms with Crippen LogP contribution in [0.15, 0.2) is 29.3 Å². The largest absolute Gasteiger partial charge is 0.352 e. The number of nitrogens with zero attached hydrogens (tertiary/aromatic N) is 3. The Balaban J connectivity index is 2.56. The molecule has 1 aromatic carbocycles. The summed E-state index contributed by atoms with van der Waals surface area (Å²) < 4.78 is 0. The highest BCUT2D eigenvalue weighted by molar-refractivity contribution is 5.79. The number of aliphatic imine (C=N–C) groups is 1. The molecular formula is C17H30N4. The number of rotatable bonds is 7. The Hall–Kier alpha value is -1.55. The molecule has 0 aliphatic rings. The van der Waals surface area contributed by atoms with Crippen LogP contribution in [0.4, 0.5) is 0 Å². The maximum Gasteiger partial charge on any atom is 0.193 e. The third-order valence-electron chi connectivity index (χ3n) is 3.36. The van der Waals surface area contributed by atoms with Crippen molar-refractivity contribution in [1.82, 2.24) is 15.1 Å². The van der Waals surface area contributed by atoms with Crippen LogP contribution in [0.25, 0.3) is 0 Å². The normalized spacial score (nSPS) is 11.8. The molecule has 0 heterocycles. The van der Waals surface area contributed by atoms with E-state index in [2.05, 4.69) is 72.4 Å². The Kier molecular flexibility index (Phi) is 7.83. The average Bonchev–Trinajstić information content (AvgIpc) is 2.45. The molecular weight excluding hydrogens is 260 g/mol. The number of guanidine groups is 1. The van der Waals surface area contributed by atoms with Crippen LogP contribution in [0, 0.1) is 0 Å². The van der Waals surface area contributed by atoms with Gasteiger partial charge in [-0.2, -0.15) is 0 Å². The summed E-state index contributed by atoms with van der Waals surface area (Å²) in [6.07, 6.45) is 2.39. The summed E-state index contributed by atoms with van der Waals surface area (Å²) in [6.45, 7) is 5.03. The van der Waals surface area contributed by atoms with Gasteiger partial charge < -0.3 is 15.1 Å². The van der Waals surface area contributed by atoms with Gasteiger partial charge in [0.2, 0.25) is 0 Å². The smallest absolute Gasteiger partial charge is 0.193 e. The van der Waals surface area contributed by atoms with E-state index in [0.29, 0.717) is 0 Å². The van der Waals surface area contributed by atoms with Gasteiger partial charge in [-0.05, 0) is 31.6 Å². The lowest BCUT2D eigenvalue weighted by Crippen LogP contribution is -2.38. The zero-order valence-corrected chi connectivity index (χ0v) is 14.2. The summed E-state index contributed by atoms with van der Waals surface area (Å²) in [4.78, 5) is 8.72. The minimum atomic E-state index is 0.810. The fourth-order valence-electron chi connectivity index (χ4n) is 2.27. The van der Waals surface area contributed by atoms with Crippen molar-refractivity contribution in [3.63, 3.8) is 0 Å². The first-order valence-electron chi connectivity index (χ1n) is 7.71. The number of hydrogen-bond donors (Lipinski definition) is 1. The van der Waals surface area contributed by atoms with Gasteiger partial charge in [0.15, 0.2) is 5.96 Å². The summed E-state index contributed by atoms with van der Waals surface area (Å²) >= 11 is 0. The van der Waals surface area contributed by atoms with E-state index in [-0.39, 0.29) is 0 Å². The minimum Gasteiger partial charge on any atom is -0.352 e. The Labute approximate surface area is 129 Å². The van der Waals surface area contributed by atoms with Crippen LogP contribution in [0.2, 0.25) is 0 Å². The number of nitrogens with one attached hydrogen (secondary N) is 1. The lowest BCUT2D eigenvalue weighted by atomic mass is 10.1. The topological polar surface area (TPSA) is 30.9 Å². The van der Waals surface area contributed by atoms with Gasteiger partial charge >= 0.3 is 0 Å². The highest BCUT2D eigenvalue weighted by Gasteiger charge is 2.05. The summed E-state index contributed by atoms with van der Waals surface area (Å²) in [6, 6.07) is 8.71. The van der Waals surface area contributed by atoms with Gasteiger partial charge in [-0.15, -0.1) is 0 Å². The molecule has 0 aromatic heterocycles. The van der Waals surface area contributed by atoms with E-state index in [1.54, 1.807) is 0 Å². The first-order valence-corrected chi connectivity index (χ1v) is 7.71. The second-order valence-corrected chi connectivity index (χ2v) is 5.73. The van der Waals surface area contributed by atoms with E-state index in [1.807, 2.05) is 7.05 Å². The second-order valence-electron chi connectivity index (χ2n) is 5.73. The quantitative estimate of drug-likeness (QED) is 0.618. The van der Waals surface area contributed by atoms with Crippen LogP contribution in [0.3, 0.4) is 0 Å². The lowest BCUT2D eigenvalue weighted by Gasteiger charge is -2.22. The van der Waals surface area contributed by atoms with Crippen LogP contribution in [-0.4, -0.2) is 50.5 Å². The highest BCUT2D eigenvalue weighted by Crippen LogP contribution is 2.07. The Morgan fingerprint density at radius 3 is 2.52 bits per heavy atom. The standard InChI is InChI=1S/C17H30N4/c1-6-7-11-21(5)17(18-2)19-13-15-9-8-10-16(12-15)14-20(3)4/h8-10,12H,6-7,11,13-14H2,1-5H3,(H,18,19). The van der Waals surface area contributed by atoms with Crippen molar-refractivity contribution in [1.29, 1.82) is 0 Å². The van der Waals surface area contributed by atoms with Crippen molar-refractivity contribution < 1.29 is 0 Å². The van der Waals surface area contributed by atoms with Gasteiger partial charge in [-0.1, -0.05) is 37.6 Å². The predicted molar refractivity (Wildman–Crippen MR) is 91.6 cm³/mol. The van der Waals surface area contributed by atoms with Crippen molar-refractivity contribution >= 4 is 5.96 Å². The van der Waals surface area contributed by atoms with Crippen molar-refractivity contribution in [2.24, 2.45) is 4.99 Å². The molecule has 4 nitrogen and oxygen atoms in total. The van der Waals surface area contributed by atoms with Gasteiger partial charge in [0, 0.05) is 33.7 Å². The van der Waals surface area contributed by atoms with Gasteiger partial charge in [0.25, 0.3) is 0 Å². The maximum absolute atomic E-state index is 4.35. The summed E-state index contributed by atoms with van der Waals surface area (Å²) in [5, 5.41) is 3.44. The fraction of sp³-hybridized carbons (Fsp3) is 0.588. The third kappa shape index (κ3) is 6.63. The van der Waals surface area contributed by atoms with Gasteiger partial charge in [-0.25, -0.2) is 0 Å². The summed E-state index contributed by atoms with van der Waals surface area (Å²) in [5.41, 5.74) is 2.63. The number of hydrogen-bond acceptors (Lipinski definition) is 2. The molecule has 1 aromatic rings. The Morgan fingerprint density at radius 1 is 1.19 bits per heavy atom. The molecule has 0 amide bonds. The Bertz CT molecular complexity index is 440. The van der Waals surface area contributed by atoms with Crippen molar-refractivity contribution in [2.75, 3.05) is 34.7 Å². The molecule has 0 fully saturated rings. The molecule has 0 radical (unpaired) electrons. The first kappa shape index (κ1) is 17.5. The molecule has 0 saturated heterocycles. The molecule has 0 atom stereocenters. The molecule has 0 spiro atoms. The molecule has 0 aliphatic carbocycles. The first-order chi connectivity index (χ1) is 10.1. The maximum atomic E-state index is 4.35. The van der Waals surface area contributed by atoms with Gasteiger partial charge in [0.1, 0.15) is 0 Å². The van der Waals surface area contributed by atoms with Gasteiger partial charge in [-0.3, -0.25) is 4.99 Å². The van der Waals surface area contributed by atoms with Crippen molar-refractivity contribution in [3.05, 3.63) is 35.4 Å². The zero-order chi connectivity index (χ0) is 15.7. The lowest BCUT2D eigenvalue weighted by molar-refractivity contribution is 0.402. The predicted octanol–water partition coefficient (Wildman–Crippen LogP) is 2.56. The molecule has 0 bridgehead atoms. The van der Waals surface area contributed by atoms with Crippen LogP contribution in [0.1, 0.15) is 30.9 Å². The van der Waals surface area contributed by atoms with Crippen molar-refractivity contribution in [2.45, 2.75) is 32.9 Å². The molecule has 0 aliphatic heterocycles. The summed E-state index contributed by atoms with van der Waals surface area (Å²) in [7, 11) is 8.12. The molecule has 21 heavy (non-hydrogen) atoms. The minimum absolute atomic E-state index is 0.810. The van der Waals surface area contributed by atoms with E-state index in [0.717, 1.165) is 25.6 Å². The molecule has 0 unspecified atom stereocenters. The van der Waals surface area contributed by atoms with E-state index in [1.165, 1.54) is 24.0 Å². The fourth-order valence-corrected chi connectivity index (χ4v) is 2.27. The molecule has 1 rings (SSSR count). The molecule has 4 heteroatoms. The monoisotopic (exact) mass is 290 g/mol. The van der Waals surface area contributed by atoms with Gasteiger partial charge in [0.05, 0.1) is 0 Å². The molecule has 0 saturated carbocycles. The van der Waals surface area contributed by atoms with E-state index in [9.17, 15) is 0 Å². The van der Waals surface area contributed by atoms with Crippen LogP contribution >= 0.6 is 0 Å². The third-order valence-corrected chi connectivity index (χ3v) is 3.36. The highest BCUT2D eigenvalue weighted by atomic mass is 15.3.